The lowest BCUT2D eigenvalue weighted by atomic mass is 9.92. The summed E-state index contributed by atoms with van der Waals surface area (Å²) >= 11 is 5.33. The average Bonchev–Trinajstić information content (AvgIpc) is 3.06. The van der Waals surface area contributed by atoms with Gasteiger partial charge in [-0.2, -0.15) is 13.2 Å². The number of allylic oxidation sites excluding steroid dienone is 2. The third-order valence-corrected chi connectivity index (χ3v) is 5.96. The van der Waals surface area contributed by atoms with Gasteiger partial charge in [0.05, 0.1) is 5.92 Å². The Hall–Kier alpha value is -1.49. The molecule has 0 heterocycles. The predicted molar refractivity (Wildman–Crippen MR) is 101 cm³/mol. The Morgan fingerprint density at radius 1 is 1.30 bits per heavy atom. The van der Waals surface area contributed by atoms with Crippen LogP contribution in [0.3, 0.4) is 0 Å². The number of halogens is 4. The molecule has 0 aromatic heterocycles. The summed E-state index contributed by atoms with van der Waals surface area (Å²) in [5.74, 6) is -1.34. The van der Waals surface area contributed by atoms with Crippen molar-refractivity contribution in [1.29, 1.82) is 0 Å². The van der Waals surface area contributed by atoms with Crippen molar-refractivity contribution >= 4 is 17.6 Å². The molecular weight excluding hydrogens is 377 g/mol. The molecule has 1 aromatic carbocycles. The van der Waals surface area contributed by atoms with E-state index in [9.17, 15) is 18.0 Å². The highest BCUT2D eigenvalue weighted by atomic mass is 35.5. The van der Waals surface area contributed by atoms with E-state index in [0.717, 1.165) is 22.8 Å². The Morgan fingerprint density at radius 2 is 1.89 bits per heavy atom. The van der Waals surface area contributed by atoms with Crippen LogP contribution in [0.5, 0.6) is 0 Å². The van der Waals surface area contributed by atoms with E-state index >= 15 is 0 Å². The number of aryl methyl sites for hydroxylation is 1. The molecule has 0 bridgehead atoms. The van der Waals surface area contributed by atoms with Crippen LogP contribution in [0.4, 0.5) is 13.2 Å². The fourth-order valence-corrected chi connectivity index (χ4v) is 3.82. The number of carbonyl (C=O) groups excluding carboxylic acids is 1. The predicted octanol–water partition coefficient (Wildman–Crippen LogP) is 6.43. The number of carbonyl (C=O) groups is 1. The summed E-state index contributed by atoms with van der Waals surface area (Å²) in [6.07, 6.45) is -3.66. The number of benzene rings is 1. The Bertz CT molecular complexity index is 763. The quantitative estimate of drug-likeness (QED) is 0.530. The van der Waals surface area contributed by atoms with Crippen molar-refractivity contribution in [2.24, 2.45) is 17.3 Å². The molecule has 0 spiro atoms. The summed E-state index contributed by atoms with van der Waals surface area (Å²) in [5, 5.41) is -1.19. The van der Waals surface area contributed by atoms with Gasteiger partial charge >= 0.3 is 12.1 Å². The van der Waals surface area contributed by atoms with E-state index in [-0.39, 0.29) is 6.61 Å². The van der Waals surface area contributed by atoms with Crippen LogP contribution in [0.2, 0.25) is 0 Å². The minimum absolute atomic E-state index is 0.118. The average molecular weight is 403 g/mol. The van der Waals surface area contributed by atoms with Gasteiger partial charge in [0, 0.05) is 0 Å². The molecule has 1 aliphatic rings. The highest BCUT2D eigenvalue weighted by Gasteiger charge is 2.62. The molecule has 1 aliphatic carbocycles. The van der Waals surface area contributed by atoms with Gasteiger partial charge in [0.1, 0.15) is 11.6 Å². The van der Waals surface area contributed by atoms with Gasteiger partial charge in [-0.05, 0) is 53.4 Å². The number of hydrogen-bond donors (Lipinski definition) is 0. The van der Waals surface area contributed by atoms with Crippen LogP contribution in [-0.4, -0.2) is 12.1 Å². The maximum Gasteiger partial charge on any atom is 0.426 e. The summed E-state index contributed by atoms with van der Waals surface area (Å²) in [6.45, 7) is 11.8. The minimum Gasteiger partial charge on any atom is -0.461 e. The molecule has 0 N–H and O–H groups in total. The molecule has 0 unspecified atom stereocenters. The smallest absolute Gasteiger partial charge is 0.426 e. The molecule has 6 heteroatoms. The number of ether oxygens (including phenoxy) is 1. The van der Waals surface area contributed by atoms with E-state index in [1.54, 1.807) is 13.8 Å². The van der Waals surface area contributed by atoms with Gasteiger partial charge in [0.25, 0.3) is 0 Å². The first kappa shape index (κ1) is 21.8. The third kappa shape index (κ3) is 4.50. The summed E-state index contributed by atoms with van der Waals surface area (Å²) in [6, 6.07) is 4.08. The van der Waals surface area contributed by atoms with Gasteiger partial charge < -0.3 is 4.74 Å². The van der Waals surface area contributed by atoms with Crippen LogP contribution < -0.4 is 0 Å². The second-order valence-electron chi connectivity index (χ2n) is 8.17. The van der Waals surface area contributed by atoms with Gasteiger partial charge in [-0.15, -0.1) is 0 Å². The normalized spacial score (nSPS) is 22.1. The highest BCUT2D eigenvalue weighted by Crippen LogP contribution is 2.60. The second-order valence-corrected chi connectivity index (χ2v) is 8.58. The highest BCUT2D eigenvalue weighted by molar-refractivity contribution is 6.30. The van der Waals surface area contributed by atoms with Crippen molar-refractivity contribution in [3.63, 3.8) is 0 Å². The lowest BCUT2D eigenvalue weighted by molar-refractivity contribution is -0.147. The van der Waals surface area contributed by atoms with E-state index in [2.05, 4.69) is 19.9 Å². The zero-order valence-electron chi connectivity index (χ0n) is 16.5. The Kier molecular flexibility index (Phi) is 6.05. The molecule has 0 saturated heterocycles. The number of alkyl halides is 3. The van der Waals surface area contributed by atoms with Crippen LogP contribution in [0.25, 0.3) is 0 Å². The third-order valence-electron chi connectivity index (χ3n) is 5.62. The molecule has 0 aliphatic heterocycles. The lowest BCUT2D eigenvalue weighted by Gasteiger charge is -2.17. The molecule has 1 aromatic rings. The van der Waals surface area contributed by atoms with Crippen LogP contribution in [-0.2, 0) is 16.1 Å². The van der Waals surface area contributed by atoms with Crippen LogP contribution in [0, 0.1) is 31.1 Å². The summed E-state index contributed by atoms with van der Waals surface area (Å²) in [7, 11) is 0. The molecule has 2 nitrogen and oxygen atoms in total. The molecule has 150 valence electrons. The van der Waals surface area contributed by atoms with E-state index in [4.69, 9.17) is 16.3 Å². The van der Waals surface area contributed by atoms with E-state index in [0.29, 0.717) is 5.92 Å². The Balaban J connectivity index is 2.12. The SMILES string of the molecule is Cc1ccc(C(C)C)c(C)c1COC(=O)[C@@H]1[C@H](C=C(Cl)C(F)(F)F)C1(C)C. The van der Waals surface area contributed by atoms with E-state index < -0.39 is 34.4 Å². The first-order chi connectivity index (χ1) is 12.3. The van der Waals surface area contributed by atoms with Gasteiger partial charge in [-0.1, -0.05) is 57.5 Å². The zero-order chi connectivity index (χ0) is 20.7. The topological polar surface area (TPSA) is 26.3 Å². The lowest BCUT2D eigenvalue weighted by Crippen LogP contribution is -2.12. The molecular formula is C21H26ClF3O2. The fraction of sp³-hybridized carbons (Fsp3) is 0.571. The van der Waals surface area contributed by atoms with Crippen molar-refractivity contribution < 1.29 is 22.7 Å². The molecule has 0 radical (unpaired) electrons. The summed E-state index contributed by atoms with van der Waals surface area (Å²) in [4.78, 5) is 12.5. The monoisotopic (exact) mass is 402 g/mol. The van der Waals surface area contributed by atoms with Crippen molar-refractivity contribution in [2.45, 2.75) is 60.2 Å². The maximum absolute atomic E-state index is 12.7. The minimum atomic E-state index is -4.60. The second kappa shape index (κ2) is 7.50. The van der Waals surface area contributed by atoms with Crippen LogP contribution >= 0.6 is 11.6 Å². The standard InChI is InChI=1S/C21H26ClF3O2/c1-11(2)14-8-7-12(3)15(13(14)4)10-27-19(26)18-16(20(18,5)6)9-17(22)21(23,24)25/h7-9,11,16,18H,10H2,1-6H3/t16-,18-/m0/s1. The Morgan fingerprint density at radius 3 is 2.41 bits per heavy atom. The Labute approximate surface area is 163 Å². The first-order valence-corrected chi connectivity index (χ1v) is 9.36. The molecule has 1 fully saturated rings. The van der Waals surface area contributed by atoms with Crippen LogP contribution in [0.15, 0.2) is 23.2 Å². The van der Waals surface area contributed by atoms with Crippen LogP contribution in [0.1, 0.15) is 55.9 Å². The van der Waals surface area contributed by atoms with Gasteiger partial charge in [-0.3, -0.25) is 4.79 Å². The van der Waals surface area contributed by atoms with Crippen molar-refractivity contribution in [3.05, 3.63) is 45.5 Å². The van der Waals surface area contributed by atoms with Crippen molar-refractivity contribution in [3.8, 4) is 0 Å². The van der Waals surface area contributed by atoms with Gasteiger partial charge in [0.2, 0.25) is 0 Å². The van der Waals surface area contributed by atoms with Gasteiger partial charge in [0.15, 0.2) is 0 Å². The molecule has 1 saturated carbocycles. The number of esters is 1. The molecule has 2 atom stereocenters. The van der Waals surface area contributed by atoms with E-state index in [1.165, 1.54) is 5.56 Å². The largest absolute Gasteiger partial charge is 0.461 e. The molecule has 0 amide bonds. The number of hydrogen-bond acceptors (Lipinski definition) is 2. The summed E-state index contributed by atoms with van der Waals surface area (Å²) < 4.78 is 43.5. The zero-order valence-corrected chi connectivity index (χ0v) is 17.3. The van der Waals surface area contributed by atoms with Crippen molar-refractivity contribution in [2.75, 3.05) is 0 Å². The fourth-order valence-electron chi connectivity index (χ4n) is 3.68. The van der Waals surface area contributed by atoms with Gasteiger partial charge in [-0.25, -0.2) is 0 Å². The molecule has 2 rings (SSSR count). The number of rotatable bonds is 5. The molecule has 27 heavy (non-hydrogen) atoms. The van der Waals surface area contributed by atoms with E-state index in [1.807, 2.05) is 19.9 Å². The maximum atomic E-state index is 12.7. The van der Waals surface area contributed by atoms with Crippen molar-refractivity contribution in [1.82, 2.24) is 0 Å². The summed E-state index contributed by atoms with van der Waals surface area (Å²) in [5.41, 5.74) is 3.65. The first-order valence-electron chi connectivity index (χ1n) is 8.98.